The highest BCUT2D eigenvalue weighted by molar-refractivity contribution is 5.20. The van der Waals surface area contributed by atoms with Crippen molar-refractivity contribution in [3.05, 3.63) is 0 Å². The highest BCUT2D eigenvalue weighted by Crippen LogP contribution is 2.68. The van der Waals surface area contributed by atoms with Crippen LogP contribution in [0.1, 0.15) is 0 Å². The summed E-state index contributed by atoms with van der Waals surface area (Å²) in [6, 6.07) is 0. The summed E-state index contributed by atoms with van der Waals surface area (Å²) in [6.45, 7) is 0. The second kappa shape index (κ2) is 6.79. The summed E-state index contributed by atoms with van der Waals surface area (Å²) in [5.41, 5.74) is 0. The van der Waals surface area contributed by atoms with Crippen LogP contribution in [0.4, 0.5) is 92.2 Å². The fraction of sp³-hybridized carbons (Fsp3) is 1.00. The van der Waals surface area contributed by atoms with E-state index in [1.165, 1.54) is 0 Å². The molecule has 1 aliphatic heterocycles. The van der Waals surface area contributed by atoms with Gasteiger partial charge in [0.15, 0.2) is 0 Å². The Morgan fingerprint density at radius 2 is 0.818 bits per heavy atom. The molecule has 1 rings (SSSR count). The number of hydrogen-bond acceptors (Lipinski definition) is 1. The van der Waals surface area contributed by atoms with Gasteiger partial charge in [-0.1, -0.05) is 0 Å². The predicted molar refractivity (Wildman–Crippen MR) is 55.5 cm³/mol. The molecule has 22 heteroatoms. The van der Waals surface area contributed by atoms with Crippen LogP contribution in [0.15, 0.2) is 0 Å². The van der Waals surface area contributed by atoms with Crippen LogP contribution in [0.2, 0.25) is 0 Å². The van der Waals surface area contributed by atoms with E-state index in [1.54, 1.807) is 4.74 Å². The van der Waals surface area contributed by atoms with Crippen molar-refractivity contribution >= 4 is 0 Å². The molecule has 0 aromatic carbocycles. The van der Waals surface area contributed by atoms with E-state index in [1.807, 2.05) is 0 Å². The van der Waals surface area contributed by atoms with Crippen molar-refractivity contribution in [1.82, 2.24) is 0 Å². The Bertz CT molecular complexity index is 763. The van der Waals surface area contributed by atoms with Crippen molar-refractivity contribution in [3.63, 3.8) is 0 Å². The Balaban J connectivity index is 3.86. The smallest absolute Gasteiger partial charge is 0.295 e. The summed E-state index contributed by atoms with van der Waals surface area (Å²) in [5.74, 6) is -75.4. The van der Waals surface area contributed by atoms with Gasteiger partial charge in [-0.2, -0.15) is 87.8 Å². The Morgan fingerprint density at radius 1 is 0.485 bits per heavy atom. The first-order chi connectivity index (χ1) is 13.9. The third kappa shape index (κ3) is 3.02. The maximum Gasteiger partial charge on any atom is 0.460 e. The molecular formula is C11HF21O. The van der Waals surface area contributed by atoms with Crippen LogP contribution in [0.25, 0.3) is 0 Å². The van der Waals surface area contributed by atoms with E-state index in [0.717, 1.165) is 0 Å². The lowest BCUT2D eigenvalue weighted by Crippen LogP contribution is -2.82. The number of halogens is 21. The normalized spacial score (nSPS) is 29.2. The van der Waals surface area contributed by atoms with Gasteiger partial charge in [0.2, 0.25) is 0 Å². The molecule has 0 N–H and O–H groups in total. The van der Waals surface area contributed by atoms with Gasteiger partial charge in [0, 0.05) is 0 Å². The molecule has 1 nitrogen and oxygen atoms in total. The molecule has 1 aliphatic rings. The van der Waals surface area contributed by atoms with Gasteiger partial charge in [-0.3, -0.25) is 4.74 Å². The number of ether oxygens (including phenoxy) is 1. The highest BCUT2D eigenvalue weighted by atomic mass is 19.4. The number of alkyl halides is 21. The minimum Gasteiger partial charge on any atom is -0.295 e. The quantitative estimate of drug-likeness (QED) is 0.351. The molecule has 1 heterocycles. The third-order valence-electron chi connectivity index (χ3n) is 4.10. The standard InChI is InChI=1S/C11HF21O/c12-1-2(13,14)3(15,16)7(23,24)10(29,33-1)8(25,26)5(19,20)4(17,18)6(21,22)9(27,28)11(30,31)32/h1H. The summed E-state index contributed by atoms with van der Waals surface area (Å²) in [5, 5.41) is 0. The van der Waals surface area contributed by atoms with E-state index < -0.39 is 65.8 Å². The van der Waals surface area contributed by atoms with E-state index in [9.17, 15) is 92.2 Å². The Morgan fingerprint density at radius 3 is 1.15 bits per heavy atom. The van der Waals surface area contributed by atoms with Gasteiger partial charge in [0.25, 0.3) is 6.36 Å². The van der Waals surface area contributed by atoms with Gasteiger partial charge in [-0.25, -0.2) is 4.39 Å². The first-order valence-corrected chi connectivity index (χ1v) is 6.98. The molecular weight excluding hydrogens is 547 g/mol. The molecule has 0 bridgehead atoms. The molecule has 0 saturated carbocycles. The van der Waals surface area contributed by atoms with Crippen LogP contribution in [0.3, 0.4) is 0 Å². The van der Waals surface area contributed by atoms with Gasteiger partial charge in [-0.15, -0.1) is 0 Å². The molecule has 33 heavy (non-hydrogen) atoms. The first kappa shape index (κ1) is 29.5. The lowest BCUT2D eigenvalue weighted by Gasteiger charge is -2.50. The zero-order valence-electron chi connectivity index (χ0n) is 13.9. The summed E-state index contributed by atoms with van der Waals surface area (Å²) in [6.07, 6.45) is -13.8. The average molecular weight is 548 g/mol. The molecule has 0 aromatic rings. The van der Waals surface area contributed by atoms with Crippen molar-refractivity contribution in [3.8, 4) is 0 Å². The Hall–Kier alpha value is -1.51. The number of rotatable bonds is 5. The molecule has 2 unspecified atom stereocenters. The van der Waals surface area contributed by atoms with Crippen LogP contribution in [0.5, 0.6) is 0 Å². The summed E-state index contributed by atoms with van der Waals surface area (Å²) in [7, 11) is 0. The van der Waals surface area contributed by atoms with Crippen molar-refractivity contribution in [2.45, 2.75) is 65.8 Å². The van der Waals surface area contributed by atoms with Crippen molar-refractivity contribution < 1.29 is 96.9 Å². The molecule has 0 spiro atoms. The molecule has 1 fully saturated rings. The van der Waals surface area contributed by atoms with E-state index in [0.29, 0.717) is 0 Å². The molecule has 0 amide bonds. The molecule has 2 atom stereocenters. The first-order valence-electron chi connectivity index (χ1n) is 6.98. The van der Waals surface area contributed by atoms with Crippen molar-refractivity contribution in [2.75, 3.05) is 0 Å². The van der Waals surface area contributed by atoms with Gasteiger partial charge in [0.05, 0.1) is 0 Å². The zero-order chi connectivity index (χ0) is 27.3. The molecule has 198 valence electrons. The lowest BCUT2D eigenvalue weighted by atomic mass is 9.83. The average Bonchev–Trinajstić information content (AvgIpc) is 2.58. The fourth-order valence-electron chi connectivity index (χ4n) is 2.09. The van der Waals surface area contributed by atoms with Crippen LogP contribution < -0.4 is 0 Å². The minimum absolute atomic E-state index is 1.72. The molecule has 0 radical (unpaired) electrons. The lowest BCUT2D eigenvalue weighted by molar-refractivity contribution is -0.533. The van der Waals surface area contributed by atoms with Crippen molar-refractivity contribution in [1.29, 1.82) is 0 Å². The fourth-order valence-corrected chi connectivity index (χ4v) is 2.09. The Kier molecular flexibility index (Phi) is 6.07. The van der Waals surface area contributed by atoms with Crippen LogP contribution >= 0.6 is 0 Å². The highest BCUT2D eigenvalue weighted by Gasteiger charge is 3.00. The number of hydrogen-bond donors (Lipinski definition) is 0. The van der Waals surface area contributed by atoms with Crippen molar-refractivity contribution in [2.24, 2.45) is 0 Å². The summed E-state index contributed by atoms with van der Waals surface area (Å²) < 4.78 is 275. The molecule has 1 saturated heterocycles. The maximum absolute atomic E-state index is 13.9. The van der Waals surface area contributed by atoms with Gasteiger partial charge in [-0.05, 0) is 0 Å². The minimum atomic E-state index is -9.02. The predicted octanol–water partition coefficient (Wildman–Crippen LogP) is 6.62. The topological polar surface area (TPSA) is 9.23 Å². The van der Waals surface area contributed by atoms with Gasteiger partial charge in [0.1, 0.15) is 0 Å². The molecule has 0 aliphatic carbocycles. The van der Waals surface area contributed by atoms with Gasteiger partial charge < -0.3 is 0 Å². The largest absolute Gasteiger partial charge is 0.460 e. The summed E-state index contributed by atoms with van der Waals surface area (Å²) >= 11 is 0. The van der Waals surface area contributed by atoms with E-state index in [4.69, 9.17) is 0 Å². The summed E-state index contributed by atoms with van der Waals surface area (Å²) in [4.78, 5) is 0. The van der Waals surface area contributed by atoms with E-state index >= 15 is 0 Å². The SMILES string of the molecule is FC1OC(F)(C(F)(F)C(F)(F)C(F)(F)C(F)(F)C(F)(F)C(F)(F)F)C(F)(F)C(F)(F)C1(F)F. The van der Waals surface area contributed by atoms with Gasteiger partial charge >= 0.3 is 59.4 Å². The zero-order valence-corrected chi connectivity index (χ0v) is 13.9. The maximum atomic E-state index is 13.9. The van der Waals surface area contributed by atoms with Crippen LogP contribution in [0, 0.1) is 0 Å². The van der Waals surface area contributed by atoms with Crippen LogP contribution in [-0.2, 0) is 4.74 Å². The third-order valence-corrected chi connectivity index (χ3v) is 4.10. The van der Waals surface area contributed by atoms with E-state index in [-0.39, 0.29) is 0 Å². The van der Waals surface area contributed by atoms with Crippen LogP contribution in [-0.4, -0.2) is 65.8 Å². The second-order valence-electron chi connectivity index (χ2n) is 6.17. The monoisotopic (exact) mass is 548 g/mol. The molecule has 0 aromatic heterocycles. The van der Waals surface area contributed by atoms with E-state index in [2.05, 4.69) is 0 Å². The Labute approximate surface area is 164 Å². The second-order valence-corrected chi connectivity index (χ2v) is 6.17.